The van der Waals surface area contributed by atoms with Gasteiger partial charge in [0.15, 0.2) is 11.4 Å². The molecule has 0 bridgehead atoms. The maximum Gasteiger partial charge on any atom is 0.261 e. The molecule has 1 unspecified atom stereocenters. The summed E-state index contributed by atoms with van der Waals surface area (Å²) in [6, 6.07) is 11.5. The Bertz CT molecular complexity index is 793. The van der Waals surface area contributed by atoms with E-state index < -0.39 is 11.5 Å². The molecule has 112 valence electrons. The highest BCUT2D eigenvalue weighted by molar-refractivity contribution is 9.10. The fourth-order valence-corrected chi connectivity index (χ4v) is 3.04. The van der Waals surface area contributed by atoms with Crippen molar-refractivity contribution in [2.24, 2.45) is 0 Å². The molecule has 0 saturated carbocycles. The second kappa shape index (κ2) is 5.50. The van der Waals surface area contributed by atoms with Crippen LogP contribution in [0.5, 0.6) is 0 Å². The number of hydrogen-bond donors (Lipinski definition) is 2. The molecule has 0 saturated heterocycles. The first-order chi connectivity index (χ1) is 10.4. The van der Waals surface area contributed by atoms with Crippen LogP contribution in [-0.4, -0.2) is 16.8 Å². The van der Waals surface area contributed by atoms with Crippen molar-refractivity contribution < 1.29 is 14.7 Å². The van der Waals surface area contributed by atoms with Crippen LogP contribution in [0.15, 0.2) is 46.9 Å². The van der Waals surface area contributed by atoms with E-state index in [0.717, 1.165) is 4.47 Å². The first-order valence-electron chi connectivity index (χ1n) is 6.53. The lowest BCUT2D eigenvalue weighted by Gasteiger charge is -2.20. The van der Waals surface area contributed by atoms with Gasteiger partial charge in [-0.1, -0.05) is 39.7 Å². The van der Waals surface area contributed by atoms with Gasteiger partial charge in [0.05, 0.1) is 6.42 Å². The summed E-state index contributed by atoms with van der Waals surface area (Å²) in [6.45, 7) is 0. The van der Waals surface area contributed by atoms with Gasteiger partial charge >= 0.3 is 0 Å². The molecule has 1 aliphatic heterocycles. The summed E-state index contributed by atoms with van der Waals surface area (Å²) in [5.74, 6) is -0.955. The number of fused-ring (bicyclic) bond motifs is 1. The minimum absolute atomic E-state index is 0.345. The molecule has 3 rings (SSSR count). The van der Waals surface area contributed by atoms with Crippen molar-refractivity contribution in [3.8, 4) is 0 Å². The van der Waals surface area contributed by atoms with Gasteiger partial charge in [-0.05, 0) is 30.3 Å². The number of aliphatic hydroxyl groups is 1. The highest BCUT2D eigenvalue weighted by Gasteiger charge is 2.46. The summed E-state index contributed by atoms with van der Waals surface area (Å²) in [5, 5.41) is 13.8. The Balaban J connectivity index is 1.96. The van der Waals surface area contributed by atoms with Gasteiger partial charge in [0.1, 0.15) is 0 Å². The average Bonchev–Trinajstić information content (AvgIpc) is 2.71. The minimum atomic E-state index is -1.88. The Morgan fingerprint density at radius 1 is 1.27 bits per heavy atom. The predicted molar refractivity (Wildman–Crippen MR) is 87.1 cm³/mol. The third kappa shape index (κ3) is 2.56. The molecule has 0 radical (unpaired) electrons. The number of ketones is 1. The number of Topliss-reactive ketones (excluding diaryl/α,β-unsaturated/α-hetero) is 1. The predicted octanol–water partition coefficient (Wildman–Crippen LogP) is 3.52. The standard InChI is InChI=1S/C16H11BrClNO3/c17-10-4-5-13-12(7-10)16(22,15(21)19-13)8-14(20)9-2-1-3-11(18)6-9/h1-7,22H,8H2,(H,19,21). The van der Waals surface area contributed by atoms with Crippen molar-refractivity contribution in [3.63, 3.8) is 0 Å². The number of rotatable bonds is 3. The minimum Gasteiger partial charge on any atom is -0.375 e. The van der Waals surface area contributed by atoms with E-state index in [9.17, 15) is 14.7 Å². The molecule has 2 aromatic rings. The lowest BCUT2D eigenvalue weighted by molar-refractivity contribution is -0.133. The molecule has 1 heterocycles. The van der Waals surface area contributed by atoms with E-state index in [1.54, 1.807) is 36.4 Å². The first kappa shape index (κ1) is 15.2. The normalized spacial score (nSPS) is 19.7. The second-order valence-corrected chi connectivity index (χ2v) is 6.47. The van der Waals surface area contributed by atoms with Gasteiger partial charge in [-0.2, -0.15) is 0 Å². The highest BCUT2D eigenvalue weighted by Crippen LogP contribution is 2.40. The number of amides is 1. The van der Waals surface area contributed by atoms with Crippen LogP contribution in [-0.2, 0) is 10.4 Å². The zero-order chi connectivity index (χ0) is 15.9. The third-order valence-corrected chi connectivity index (χ3v) is 4.34. The molecule has 0 fully saturated rings. The Hall–Kier alpha value is -1.69. The van der Waals surface area contributed by atoms with Gasteiger partial charge in [0, 0.05) is 26.3 Å². The zero-order valence-corrected chi connectivity index (χ0v) is 13.6. The lowest BCUT2D eigenvalue weighted by atomic mass is 9.88. The van der Waals surface area contributed by atoms with Gasteiger partial charge in [0.2, 0.25) is 0 Å². The van der Waals surface area contributed by atoms with Gasteiger partial charge in [-0.3, -0.25) is 9.59 Å². The molecule has 6 heteroatoms. The number of halogens is 2. The van der Waals surface area contributed by atoms with E-state index in [-0.39, 0.29) is 12.2 Å². The smallest absolute Gasteiger partial charge is 0.261 e. The molecule has 4 nitrogen and oxygen atoms in total. The van der Waals surface area contributed by atoms with Crippen molar-refractivity contribution in [1.82, 2.24) is 0 Å². The van der Waals surface area contributed by atoms with Crippen molar-refractivity contribution >= 4 is 44.9 Å². The molecule has 1 amide bonds. The Morgan fingerprint density at radius 2 is 2.05 bits per heavy atom. The van der Waals surface area contributed by atoms with E-state index in [4.69, 9.17) is 11.6 Å². The van der Waals surface area contributed by atoms with E-state index >= 15 is 0 Å². The van der Waals surface area contributed by atoms with Crippen LogP contribution < -0.4 is 5.32 Å². The van der Waals surface area contributed by atoms with Crippen LogP contribution in [0.4, 0.5) is 5.69 Å². The fraction of sp³-hybridized carbons (Fsp3) is 0.125. The SMILES string of the molecule is O=C(CC1(O)C(=O)Nc2ccc(Br)cc21)c1cccc(Cl)c1. The fourth-order valence-electron chi connectivity index (χ4n) is 2.49. The molecule has 0 aromatic heterocycles. The van der Waals surface area contributed by atoms with Crippen LogP contribution >= 0.6 is 27.5 Å². The lowest BCUT2D eigenvalue weighted by Crippen LogP contribution is -2.36. The summed E-state index contributed by atoms with van der Waals surface area (Å²) in [7, 11) is 0. The number of carbonyl (C=O) groups excluding carboxylic acids is 2. The topological polar surface area (TPSA) is 66.4 Å². The molecule has 22 heavy (non-hydrogen) atoms. The van der Waals surface area contributed by atoms with E-state index in [0.29, 0.717) is 21.8 Å². The van der Waals surface area contributed by atoms with Crippen LogP contribution in [0.2, 0.25) is 5.02 Å². The molecule has 2 N–H and O–H groups in total. The molecular weight excluding hydrogens is 370 g/mol. The maximum absolute atomic E-state index is 12.4. The van der Waals surface area contributed by atoms with Crippen molar-refractivity contribution in [1.29, 1.82) is 0 Å². The Morgan fingerprint density at radius 3 is 2.77 bits per heavy atom. The van der Waals surface area contributed by atoms with Gasteiger partial charge in [-0.15, -0.1) is 0 Å². The summed E-state index contributed by atoms with van der Waals surface area (Å²) in [4.78, 5) is 24.5. The van der Waals surface area contributed by atoms with Crippen LogP contribution in [0.1, 0.15) is 22.3 Å². The molecule has 0 spiro atoms. The molecule has 1 aliphatic rings. The number of hydrogen-bond acceptors (Lipinski definition) is 3. The molecule has 2 aromatic carbocycles. The quantitative estimate of drug-likeness (QED) is 0.801. The van der Waals surface area contributed by atoms with Crippen LogP contribution in [0, 0.1) is 0 Å². The number of anilines is 1. The van der Waals surface area contributed by atoms with Gasteiger partial charge < -0.3 is 10.4 Å². The summed E-state index contributed by atoms with van der Waals surface area (Å²) >= 11 is 9.18. The van der Waals surface area contributed by atoms with Crippen molar-refractivity contribution in [2.75, 3.05) is 5.32 Å². The monoisotopic (exact) mass is 379 g/mol. The van der Waals surface area contributed by atoms with Crippen LogP contribution in [0.3, 0.4) is 0 Å². The zero-order valence-electron chi connectivity index (χ0n) is 11.3. The second-order valence-electron chi connectivity index (χ2n) is 5.11. The van der Waals surface area contributed by atoms with Crippen LogP contribution in [0.25, 0.3) is 0 Å². The third-order valence-electron chi connectivity index (χ3n) is 3.61. The Labute approximate surface area is 140 Å². The number of carbonyl (C=O) groups is 2. The summed E-state index contributed by atoms with van der Waals surface area (Å²) in [5.41, 5.74) is -0.618. The van der Waals surface area contributed by atoms with Gasteiger partial charge in [-0.25, -0.2) is 0 Å². The Kier molecular flexibility index (Phi) is 3.80. The van der Waals surface area contributed by atoms with Crippen molar-refractivity contribution in [3.05, 3.63) is 63.1 Å². The van der Waals surface area contributed by atoms with Gasteiger partial charge in [0.25, 0.3) is 5.91 Å². The molecule has 0 aliphatic carbocycles. The van der Waals surface area contributed by atoms with E-state index in [1.165, 1.54) is 6.07 Å². The van der Waals surface area contributed by atoms with Crippen molar-refractivity contribution in [2.45, 2.75) is 12.0 Å². The average molecular weight is 381 g/mol. The largest absolute Gasteiger partial charge is 0.375 e. The first-order valence-corrected chi connectivity index (χ1v) is 7.70. The number of nitrogens with one attached hydrogen (secondary N) is 1. The summed E-state index contributed by atoms with van der Waals surface area (Å²) in [6.07, 6.45) is -0.345. The van der Waals surface area contributed by atoms with E-state index in [2.05, 4.69) is 21.2 Å². The summed E-state index contributed by atoms with van der Waals surface area (Å²) < 4.78 is 0.719. The molecular formula is C16H11BrClNO3. The highest BCUT2D eigenvalue weighted by atomic mass is 79.9. The number of benzene rings is 2. The maximum atomic E-state index is 12.4. The molecule has 1 atom stereocenters. The van der Waals surface area contributed by atoms with E-state index in [1.807, 2.05) is 0 Å².